The molecule has 0 atom stereocenters. The van der Waals surface area contributed by atoms with Crippen molar-refractivity contribution in [3.05, 3.63) is 101 Å². The van der Waals surface area contributed by atoms with Gasteiger partial charge >= 0.3 is 0 Å². The highest BCUT2D eigenvalue weighted by Gasteiger charge is 2.19. The summed E-state index contributed by atoms with van der Waals surface area (Å²) in [5.74, 6) is 0.774. The van der Waals surface area contributed by atoms with Crippen molar-refractivity contribution < 1.29 is 9.53 Å². The molecule has 2 aromatic rings. The van der Waals surface area contributed by atoms with Crippen molar-refractivity contribution in [3.63, 3.8) is 0 Å². The first-order valence-electron chi connectivity index (χ1n) is 10.5. The molecule has 0 radical (unpaired) electrons. The topological polar surface area (TPSA) is 54.8 Å². The summed E-state index contributed by atoms with van der Waals surface area (Å²) in [5.41, 5.74) is 7.94. The second-order valence-corrected chi connectivity index (χ2v) is 8.01. The second-order valence-electron chi connectivity index (χ2n) is 8.01. The number of nitrogens with zero attached hydrogens (tertiary/aromatic N) is 3. The van der Waals surface area contributed by atoms with Crippen LogP contribution in [0.1, 0.15) is 48.0 Å². The highest BCUT2D eigenvalue weighted by atomic mass is 16.5. The molecule has 0 saturated heterocycles. The van der Waals surface area contributed by atoms with Crippen LogP contribution < -0.4 is 0 Å². The number of hydrogen-bond acceptors (Lipinski definition) is 5. The number of allylic oxidation sites excluding steroid dienone is 2. The molecule has 32 heavy (non-hydrogen) atoms. The molecule has 0 spiro atoms. The van der Waals surface area contributed by atoms with E-state index < -0.39 is 0 Å². The largest absolute Gasteiger partial charge is 0.487 e. The van der Waals surface area contributed by atoms with E-state index in [9.17, 15) is 4.79 Å². The number of aliphatic imine (C=N–C) groups is 1. The molecule has 5 heteroatoms. The first kappa shape index (κ1) is 22.9. The molecule has 1 aromatic heterocycles. The van der Waals surface area contributed by atoms with E-state index in [0.717, 1.165) is 51.5 Å². The van der Waals surface area contributed by atoms with Crippen molar-refractivity contribution in [2.24, 2.45) is 4.99 Å². The highest BCUT2D eigenvalue weighted by Crippen LogP contribution is 2.31. The number of aromatic nitrogens is 1. The van der Waals surface area contributed by atoms with Gasteiger partial charge in [-0.05, 0) is 50.1 Å². The third-order valence-electron chi connectivity index (χ3n) is 5.27. The Bertz CT molecular complexity index is 1130. The molecule has 0 saturated carbocycles. The zero-order valence-electron chi connectivity index (χ0n) is 19.2. The van der Waals surface area contributed by atoms with Crippen LogP contribution in [0.15, 0.2) is 83.7 Å². The van der Waals surface area contributed by atoms with Crippen molar-refractivity contribution in [2.75, 3.05) is 13.6 Å². The van der Waals surface area contributed by atoms with Gasteiger partial charge in [0.25, 0.3) is 0 Å². The molecule has 0 fully saturated rings. The van der Waals surface area contributed by atoms with Gasteiger partial charge in [0.15, 0.2) is 6.29 Å². The minimum atomic E-state index is 0.296. The lowest BCUT2D eigenvalue weighted by Gasteiger charge is -2.26. The van der Waals surface area contributed by atoms with Gasteiger partial charge in [-0.2, -0.15) is 0 Å². The number of rotatable bonds is 9. The molecule has 0 N–H and O–H groups in total. The van der Waals surface area contributed by atoms with Gasteiger partial charge in [0.2, 0.25) is 0 Å². The Kier molecular flexibility index (Phi) is 7.21. The Hall–Kier alpha value is -3.73. The van der Waals surface area contributed by atoms with Crippen molar-refractivity contribution >= 4 is 23.5 Å². The fourth-order valence-electron chi connectivity index (χ4n) is 3.39. The smallest absolute Gasteiger partial charge is 0.151 e. The van der Waals surface area contributed by atoms with E-state index in [2.05, 4.69) is 36.1 Å². The Balaban J connectivity index is 1.85. The monoisotopic (exact) mass is 427 g/mol. The third-order valence-corrected chi connectivity index (χ3v) is 5.27. The fourth-order valence-corrected chi connectivity index (χ4v) is 3.39. The summed E-state index contributed by atoms with van der Waals surface area (Å²) in [5, 5.41) is 0. The molecule has 3 rings (SSSR count). The molecule has 1 aliphatic heterocycles. The summed E-state index contributed by atoms with van der Waals surface area (Å²) in [4.78, 5) is 21.7. The lowest BCUT2D eigenvalue weighted by Crippen LogP contribution is -2.20. The predicted molar refractivity (Wildman–Crippen MR) is 131 cm³/mol. The molecule has 0 aliphatic carbocycles. The molecule has 5 nitrogen and oxygen atoms in total. The van der Waals surface area contributed by atoms with E-state index in [0.29, 0.717) is 18.7 Å². The number of carbonyl (C=O) groups is 1. The summed E-state index contributed by atoms with van der Waals surface area (Å²) in [6.07, 6.45) is 4.39. The van der Waals surface area contributed by atoms with Gasteiger partial charge in [-0.25, -0.2) is 0 Å². The van der Waals surface area contributed by atoms with Crippen LogP contribution in [-0.2, 0) is 11.3 Å². The third kappa shape index (κ3) is 5.11. The highest BCUT2D eigenvalue weighted by molar-refractivity contribution is 6.10. The van der Waals surface area contributed by atoms with Gasteiger partial charge in [-0.3, -0.25) is 14.8 Å². The standard InChI is InChI=1S/C27H29N3O2/c1-18(2)27(32-17-23-12-11-22(16-31)15-28-23)25-10-8-7-9-24(25)20(4)30(6)21(5)26-13-19(3)14-29-26/h7-13,15-16H,4-5,14,17H2,1-3,6H3. The van der Waals surface area contributed by atoms with E-state index in [4.69, 9.17) is 4.74 Å². The van der Waals surface area contributed by atoms with E-state index in [1.807, 2.05) is 50.1 Å². The zero-order chi connectivity index (χ0) is 23.3. The maximum atomic E-state index is 10.9. The Morgan fingerprint density at radius 1 is 1.12 bits per heavy atom. The molecule has 1 aliphatic rings. The number of carbonyl (C=O) groups excluding carboxylic acids is 1. The van der Waals surface area contributed by atoms with Crippen LogP contribution >= 0.6 is 0 Å². The summed E-state index contributed by atoms with van der Waals surface area (Å²) >= 11 is 0. The molecule has 0 amide bonds. The van der Waals surface area contributed by atoms with Gasteiger partial charge in [0.05, 0.1) is 23.6 Å². The number of pyridine rings is 1. The quantitative estimate of drug-likeness (QED) is 0.382. The van der Waals surface area contributed by atoms with Gasteiger partial charge < -0.3 is 9.64 Å². The van der Waals surface area contributed by atoms with E-state index in [1.165, 1.54) is 5.57 Å². The fraction of sp³-hybridized carbons (Fsp3) is 0.222. The van der Waals surface area contributed by atoms with Crippen LogP contribution in [0.3, 0.4) is 0 Å². The van der Waals surface area contributed by atoms with Crippen LogP contribution in [0.4, 0.5) is 0 Å². The zero-order valence-corrected chi connectivity index (χ0v) is 19.2. The van der Waals surface area contributed by atoms with Crippen molar-refractivity contribution in [2.45, 2.75) is 27.4 Å². The van der Waals surface area contributed by atoms with Crippen molar-refractivity contribution in [3.8, 4) is 0 Å². The van der Waals surface area contributed by atoms with Crippen LogP contribution in [0, 0.1) is 0 Å². The second kappa shape index (κ2) is 10.1. The molecular formula is C27H29N3O2. The van der Waals surface area contributed by atoms with Crippen molar-refractivity contribution in [1.82, 2.24) is 9.88 Å². The van der Waals surface area contributed by atoms with E-state index in [-0.39, 0.29) is 0 Å². The van der Waals surface area contributed by atoms with E-state index in [1.54, 1.807) is 18.3 Å². The Labute approximate surface area is 190 Å². The Morgan fingerprint density at radius 2 is 1.84 bits per heavy atom. The van der Waals surface area contributed by atoms with Crippen LogP contribution in [0.2, 0.25) is 0 Å². The minimum absolute atomic E-state index is 0.296. The first-order valence-corrected chi connectivity index (χ1v) is 10.5. The molecular weight excluding hydrogens is 398 g/mol. The number of ether oxygens (including phenoxy) is 1. The molecule has 1 aromatic carbocycles. The summed E-state index contributed by atoms with van der Waals surface area (Å²) in [6, 6.07) is 11.6. The lowest BCUT2D eigenvalue weighted by atomic mass is 10.00. The summed E-state index contributed by atoms with van der Waals surface area (Å²) < 4.78 is 6.21. The number of hydrogen-bond donors (Lipinski definition) is 0. The first-order chi connectivity index (χ1) is 15.3. The van der Waals surface area contributed by atoms with E-state index >= 15 is 0 Å². The summed E-state index contributed by atoms with van der Waals surface area (Å²) in [7, 11) is 1.95. The van der Waals surface area contributed by atoms with Gasteiger partial charge in [0.1, 0.15) is 12.4 Å². The molecule has 2 heterocycles. The van der Waals surface area contributed by atoms with Crippen molar-refractivity contribution in [1.29, 1.82) is 0 Å². The Morgan fingerprint density at radius 3 is 2.41 bits per heavy atom. The van der Waals surface area contributed by atoms with Crippen LogP contribution in [-0.4, -0.2) is 35.5 Å². The van der Waals surface area contributed by atoms with Crippen LogP contribution in [0.5, 0.6) is 0 Å². The lowest BCUT2D eigenvalue weighted by molar-refractivity contribution is 0.112. The SMILES string of the molecule is C=C(C1=NCC(C)=C1)N(C)C(=C)c1ccccc1C(OCc1ccc(C=O)cn1)=C(C)C. The molecule has 0 unspecified atom stereocenters. The molecule has 0 bridgehead atoms. The summed E-state index contributed by atoms with van der Waals surface area (Å²) in [6.45, 7) is 15.7. The maximum Gasteiger partial charge on any atom is 0.151 e. The minimum Gasteiger partial charge on any atom is -0.487 e. The average molecular weight is 428 g/mol. The van der Waals surface area contributed by atoms with Gasteiger partial charge in [0, 0.05) is 35.6 Å². The van der Waals surface area contributed by atoms with Gasteiger partial charge in [-0.1, -0.05) is 37.4 Å². The predicted octanol–water partition coefficient (Wildman–Crippen LogP) is 5.68. The normalized spacial score (nSPS) is 12.5. The van der Waals surface area contributed by atoms with Crippen LogP contribution in [0.25, 0.3) is 11.5 Å². The molecule has 164 valence electrons. The maximum absolute atomic E-state index is 10.9. The number of benzene rings is 1. The van der Waals surface area contributed by atoms with Gasteiger partial charge in [-0.15, -0.1) is 0 Å². The number of aldehydes is 1. The average Bonchev–Trinajstić information content (AvgIpc) is 3.24.